The molecule has 1 aromatic rings. The third kappa shape index (κ3) is 3.41. The lowest BCUT2D eigenvalue weighted by Crippen LogP contribution is -2.43. The van der Waals surface area contributed by atoms with Gasteiger partial charge in [0.05, 0.1) is 0 Å². The van der Waals surface area contributed by atoms with Crippen molar-refractivity contribution in [2.75, 3.05) is 19.4 Å². The molecule has 0 bridgehead atoms. The normalized spacial score (nSPS) is 11.6. The molecule has 0 radical (unpaired) electrons. The van der Waals surface area contributed by atoms with Crippen molar-refractivity contribution >= 4 is 17.8 Å². The van der Waals surface area contributed by atoms with E-state index in [1.165, 1.54) is 7.05 Å². The predicted molar refractivity (Wildman–Crippen MR) is 67.3 cm³/mol. The average Bonchev–Trinajstić information content (AvgIpc) is 2.36. The van der Waals surface area contributed by atoms with E-state index in [0.717, 1.165) is 0 Å². The van der Waals surface area contributed by atoms with Crippen LogP contribution in [-0.2, 0) is 4.79 Å². The minimum atomic E-state index is -0.615. The molecule has 0 saturated carbocycles. The molecule has 0 aromatic carbocycles. The second-order valence-corrected chi connectivity index (χ2v) is 3.78. The highest BCUT2D eigenvalue weighted by Crippen LogP contribution is 2.04. The Morgan fingerprint density at radius 2 is 1.94 bits per heavy atom. The summed E-state index contributed by atoms with van der Waals surface area (Å²) in [5.41, 5.74) is 0.898. The van der Waals surface area contributed by atoms with Crippen LogP contribution >= 0.6 is 0 Å². The number of likely N-dealkylation sites (N-methyl/N-ethyl adjacent to an activating group) is 1. The number of nitrogens with zero attached hydrogens (tertiary/aromatic N) is 2. The van der Waals surface area contributed by atoms with Gasteiger partial charge in [0.1, 0.15) is 11.7 Å². The van der Waals surface area contributed by atoms with Crippen LogP contribution in [-0.4, -0.2) is 41.9 Å². The van der Waals surface area contributed by atoms with Gasteiger partial charge >= 0.3 is 0 Å². The van der Waals surface area contributed by atoms with Gasteiger partial charge in [-0.3, -0.25) is 9.59 Å². The number of nitrogens with one attached hydrogen (secondary N) is 3. The second-order valence-electron chi connectivity index (χ2n) is 3.78. The molecule has 1 rings (SSSR count). The van der Waals surface area contributed by atoms with Crippen LogP contribution in [0.2, 0.25) is 0 Å². The zero-order valence-corrected chi connectivity index (χ0v) is 10.9. The van der Waals surface area contributed by atoms with Crippen molar-refractivity contribution in [1.82, 2.24) is 20.6 Å². The van der Waals surface area contributed by atoms with Crippen LogP contribution in [0.15, 0.2) is 6.07 Å². The Morgan fingerprint density at radius 3 is 2.50 bits per heavy atom. The van der Waals surface area contributed by atoms with Gasteiger partial charge in [0.15, 0.2) is 0 Å². The SMILES string of the molecule is CNC(=O)C(C)NC(=O)c1cc(C)nc(NC)n1. The van der Waals surface area contributed by atoms with Crippen LogP contribution < -0.4 is 16.0 Å². The second kappa shape index (κ2) is 5.95. The van der Waals surface area contributed by atoms with Crippen molar-refractivity contribution in [2.24, 2.45) is 0 Å². The van der Waals surface area contributed by atoms with Gasteiger partial charge in [0.2, 0.25) is 11.9 Å². The van der Waals surface area contributed by atoms with Crippen LogP contribution in [0.5, 0.6) is 0 Å². The Kier molecular flexibility index (Phi) is 4.59. The van der Waals surface area contributed by atoms with E-state index in [9.17, 15) is 9.59 Å². The molecule has 1 aromatic heterocycles. The van der Waals surface area contributed by atoms with Gasteiger partial charge in [-0.1, -0.05) is 0 Å². The van der Waals surface area contributed by atoms with E-state index in [2.05, 4.69) is 25.9 Å². The molecule has 1 heterocycles. The lowest BCUT2D eigenvalue weighted by Gasteiger charge is -2.12. The lowest BCUT2D eigenvalue weighted by atomic mass is 10.2. The Hall–Kier alpha value is -2.18. The Morgan fingerprint density at radius 1 is 1.28 bits per heavy atom. The molecule has 2 amide bonds. The third-order valence-corrected chi connectivity index (χ3v) is 2.30. The van der Waals surface area contributed by atoms with Crippen molar-refractivity contribution in [3.63, 3.8) is 0 Å². The lowest BCUT2D eigenvalue weighted by molar-refractivity contribution is -0.122. The zero-order valence-electron chi connectivity index (χ0n) is 10.9. The van der Waals surface area contributed by atoms with Gasteiger partial charge in [-0.15, -0.1) is 0 Å². The number of amides is 2. The quantitative estimate of drug-likeness (QED) is 0.682. The number of aryl methyl sites for hydroxylation is 1. The first kappa shape index (κ1) is 13.9. The molecule has 0 aliphatic carbocycles. The average molecular weight is 251 g/mol. The number of rotatable bonds is 4. The van der Waals surface area contributed by atoms with Gasteiger partial charge < -0.3 is 16.0 Å². The minimum absolute atomic E-state index is 0.225. The highest BCUT2D eigenvalue weighted by Gasteiger charge is 2.17. The van der Waals surface area contributed by atoms with Crippen LogP contribution in [0, 0.1) is 6.92 Å². The summed E-state index contributed by atoms with van der Waals surface area (Å²) in [6, 6.07) is 0.947. The summed E-state index contributed by atoms with van der Waals surface area (Å²) < 4.78 is 0. The molecule has 3 N–H and O–H groups in total. The van der Waals surface area contributed by atoms with Gasteiger partial charge in [0.25, 0.3) is 5.91 Å². The van der Waals surface area contributed by atoms with Crippen molar-refractivity contribution in [3.8, 4) is 0 Å². The summed E-state index contributed by atoms with van der Waals surface area (Å²) in [4.78, 5) is 31.3. The van der Waals surface area contributed by atoms with E-state index in [1.54, 1.807) is 27.0 Å². The van der Waals surface area contributed by atoms with Crippen LogP contribution in [0.4, 0.5) is 5.95 Å². The monoisotopic (exact) mass is 251 g/mol. The van der Waals surface area contributed by atoms with Gasteiger partial charge in [-0.2, -0.15) is 0 Å². The first-order valence-corrected chi connectivity index (χ1v) is 5.53. The van der Waals surface area contributed by atoms with Gasteiger partial charge in [-0.05, 0) is 19.9 Å². The molecule has 7 heteroatoms. The highest BCUT2D eigenvalue weighted by atomic mass is 16.2. The highest BCUT2D eigenvalue weighted by molar-refractivity contribution is 5.96. The van der Waals surface area contributed by atoms with Gasteiger partial charge in [0, 0.05) is 19.8 Å². The largest absolute Gasteiger partial charge is 0.357 e. The molecule has 98 valence electrons. The number of aromatic nitrogens is 2. The Labute approximate surface area is 105 Å². The number of carbonyl (C=O) groups is 2. The van der Waals surface area contributed by atoms with Crippen LogP contribution in [0.3, 0.4) is 0 Å². The summed E-state index contributed by atoms with van der Waals surface area (Å²) in [5, 5.41) is 7.78. The van der Waals surface area contributed by atoms with E-state index in [1.807, 2.05) is 0 Å². The molecular formula is C11H17N5O2. The fraction of sp³-hybridized carbons (Fsp3) is 0.455. The Balaban J connectivity index is 2.84. The maximum atomic E-state index is 11.9. The Bertz CT molecular complexity index is 461. The fourth-order valence-electron chi connectivity index (χ4n) is 1.35. The number of hydrogen-bond acceptors (Lipinski definition) is 5. The van der Waals surface area contributed by atoms with Crippen molar-refractivity contribution in [1.29, 1.82) is 0 Å². The van der Waals surface area contributed by atoms with E-state index >= 15 is 0 Å². The van der Waals surface area contributed by atoms with E-state index in [-0.39, 0.29) is 11.6 Å². The summed E-state index contributed by atoms with van der Waals surface area (Å²) in [5.74, 6) is -0.302. The fourth-order valence-corrected chi connectivity index (χ4v) is 1.35. The molecular weight excluding hydrogens is 234 g/mol. The molecule has 18 heavy (non-hydrogen) atoms. The predicted octanol–water partition coefficient (Wildman–Crippen LogP) is -0.309. The van der Waals surface area contributed by atoms with Crippen LogP contribution in [0.1, 0.15) is 23.1 Å². The van der Waals surface area contributed by atoms with Crippen molar-refractivity contribution in [3.05, 3.63) is 17.5 Å². The smallest absolute Gasteiger partial charge is 0.270 e. The summed E-state index contributed by atoms with van der Waals surface area (Å²) >= 11 is 0. The molecule has 0 aliphatic rings. The summed E-state index contributed by atoms with van der Waals surface area (Å²) in [6.07, 6.45) is 0. The molecule has 1 unspecified atom stereocenters. The standard InChI is InChI=1S/C11H17N5O2/c1-6-5-8(16-11(13-4)14-6)10(18)15-7(2)9(17)12-3/h5,7H,1-4H3,(H,12,17)(H,15,18)(H,13,14,16). The number of hydrogen-bond donors (Lipinski definition) is 3. The molecule has 0 fully saturated rings. The van der Waals surface area contributed by atoms with Crippen LogP contribution in [0.25, 0.3) is 0 Å². The molecule has 7 nitrogen and oxygen atoms in total. The molecule has 0 spiro atoms. The first-order valence-electron chi connectivity index (χ1n) is 5.53. The molecule has 0 aliphatic heterocycles. The molecule has 0 saturated heterocycles. The van der Waals surface area contributed by atoms with E-state index < -0.39 is 11.9 Å². The zero-order chi connectivity index (χ0) is 13.7. The number of carbonyl (C=O) groups excluding carboxylic acids is 2. The first-order chi connectivity index (χ1) is 8.47. The molecule has 1 atom stereocenters. The van der Waals surface area contributed by atoms with Crippen molar-refractivity contribution in [2.45, 2.75) is 19.9 Å². The number of anilines is 1. The maximum absolute atomic E-state index is 11.9. The topological polar surface area (TPSA) is 96.0 Å². The van der Waals surface area contributed by atoms with Crippen molar-refractivity contribution < 1.29 is 9.59 Å². The minimum Gasteiger partial charge on any atom is -0.357 e. The summed E-state index contributed by atoms with van der Waals surface area (Å²) in [6.45, 7) is 3.37. The third-order valence-electron chi connectivity index (χ3n) is 2.30. The van der Waals surface area contributed by atoms with E-state index in [0.29, 0.717) is 11.6 Å². The summed E-state index contributed by atoms with van der Waals surface area (Å²) in [7, 11) is 3.18. The van der Waals surface area contributed by atoms with Gasteiger partial charge in [-0.25, -0.2) is 9.97 Å². The van der Waals surface area contributed by atoms with E-state index in [4.69, 9.17) is 0 Å². The maximum Gasteiger partial charge on any atom is 0.270 e.